The van der Waals surface area contributed by atoms with Crippen molar-refractivity contribution < 1.29 is 19.4 Å². The number of ether oxygens (including phenoxy) is 1. The Balaban J connectivity index is 0.000000645. The largest absolute Gasteiger partial charge is 0.483 e. The molecule has 7 heteroatoms. The third-order valence-corrected chi connectivity index (χ3v) is 9.05. The number of hydrogen-bond donors (Lipinski definition) is 2. The average Bonchev–Trinajstić information content (AvgIpc) is 3.49. The van der Waals surface area contributed by atoms with Gasteiger partial charge in [-0.25, -0.2) is 0 Å². The number of thioether (sulfide) groups is 1. The molecule has 5 rings (SSSR count). The number of carbonyl (C=O) groups is 2. The van der Waals surface area contributed by atoms with Gasteiger partial charge in [0.2, 0.25) is 5.91 Å². The Morgan fingerprint density at radius 1 is 1.21 bits per heavy atom. The molecule has 164 valence electrons. The molecule has 4 heterocycles. The standard InChI is InChI=1S/C21H34N2O2S.CH2O2/c24-20(11-15-3-1-2-4-15)22-12-17-18-13-23(16-6-9-26-10-7-16)14-21(18)8-5-19(17)25-21;2-1-3/h15-19H,1-14H2,(H,22,24);1H,(H,2,3)/t17-,18+,19+,21+;/m0./s1. The van der Waals surface area contributed by atoms with Crippen molar-refractivity contribution in [3.05, 3.63) is 0 Å². The summed E-state index contributed by atoms with van der Waals surface area (Å²) in [6, 6.07) is 0.775. The first-order valence-electron chi connectivity index (χ1n) is 11.5. The number of amides is 1. The van der Waals surface area contributed by atoms with E-state index in [1.165, 1.54) is 69.4 Å². The lowest BCUT2D eigenvalue weighted by molar-refractivity contribution is -0.123. The number of fused-ring (bicyclic) bond motifs is 1. The van der Waals surface area contributed by atoms with E-state index in [1.807, 2.05) is 0 Å². The Bertz CT molecular complexity index is 579. The van der Waals surface area contributed by atoms with Crippen molar-refractivity contribution in [2.75, 3.05) is 31.1 Å². The van der Waals surface area contributed by atoms with Gasteiger partial charge < -0.3 is 15.2 Å². The number of likely N-dealkylation sites (tertiary alicyclic amines) is 1. The van der Waals surface area contributed by atoms with Crippen LogP contribution in [-0.2, 0) is 14.3 Å². The zero-order chi connectivity index (χ0) is 20.3. The number of carbonyl (C=O) groups excluding carboxylic acids is 1. The lowest BCUT2D eigenvalue weighted by atomic mass is 9.73. The van der Waals surface area contributed by atoms with Gasteiger partial charge in [0, 0.05) is 43.9 Å². The lowest BCUT2D eigenvalue weighted by Gasteiger charge is -2.32. The smallest absolute Gasteiger partial charge is 0.290 e. The van der Waals surface area contributed by atoms with E-state index >= 15 is 0 Å². The van der Waals surface area contributed by atoms with Crippen molar-refractivity contribution in [2.24, 2.45) is 17.8 Å². The van der Waals surface area contributed by atoms with Gasteiger partial charge in [0.25, 0.3) is 6.47 Å². The minimum Gasteiger partial charge on any atom is -0.483 e. The summed E-state index contributed by atoms with van der Waals surface area (Å²) in [5, 5.41) is 10.2. The first kappa shape index (κ1) is 21.4. The Hall–Kier alpha value is -0.790. The molecule has 1 saturated carbocycles. The molecule has 29 heavy (non-hydrogen) atoms. The van der Waals surface area contributed by atoms with E-state index in [-0.39, 0.29) is 18.0 Å². The summed E-state index contributed by atoms with van der Waals surface area (Å²) in [6.45, 7) is 2.95. The fourth-order valence-corrected chi connectivity index (χ4v) is 7.69. The van der Waals surface area contributed by atoms with Crippen LogP contribution < -0.4 is 5.32 Å². The summed E-state index contributed by atoms with van der Waals surface area (Å²) in [4.78, 5) is 23.5. The number of hydrogen-bond acceptors (Lipinski definition) is 5. The molecule has 0 unspecified atom stereocenters. The molecule has 0 aromatic heterocycles. The van der Waals surface area contributed by atoms with Crippen molar-refractivity contribution in [3.63, 3.8) is 0 Å². The summed E-state index contributed by atoms with van der Waals surface area (Å²) < 4.78 is 6.59. The molecule has 4 aliphatic heterocycles. The molecule has 5 aliphatic rings. The van der Waals surface area contributed by atoms with Crippen molar-refractivity contribution >= 4 is 24.1 Å². The van der Waals surface area contributed by atoms with E-state index in [1.54, 1.807) is 0 Å². The summed E-state index contributed by atoms with van der Waals surface area (Å²) in [5.74, 6) is 4.75. The molecule has 2 bridgehead atoms. The van der Waals surface area contributed by atoms with Crippen molar-refractivity contribution in [1.82, 2.24) is 10.2 Å². The number of nitrogens with zero attached hydrogens (tertiary/aromatic N) is 1. The molecule has 0 aromatic carbocycles. The maximum absolute atomic E-state index is 12.4. The summed E-state index contributed by atoms with van der Waals surface area (Å²) in [5.41, 5.74) is 0.121. The predicted molar refractivity (Wildman–Crippen MR) is 114 cm³/mol. The third-order valence-electron chi connectivity index (χ3n) is 8.00. The van der Waals surface area contributed by atoms with E-state index in [0.29, 0.717) is 23.9 Å². The number of rotatable bonds is 5. The quantitative estimate of drug-likeness (QED) is 0.661. The topological polar surface area (TPSA) is 78.9 Å². The first-order valence-corrected chi connectivity index (χ1v) is 12.6. The number of carboxylic acid groups (broad SMARTS) is 1. The molecule has 4 atom stereocenters. The Morgan fingerprint density at radius 2 is 1.93 bits per heavy atom. The third kappa shape index (κ3) is 4.62. The van der Waals surface area contributed by atoms with Gasteiger partial charge in [0.15, 0.2) is 0 Å². The van der Waals surface area contributed by atoms with Crippen molar-refractivity contribution in [2.45, 2.75) is 75.5 Å². The Morgan fingerprint density at radius 3 is 2.66 bits per heavy atom. The molecule has 5 fully saturated rings. The van der Waals surface area contributed by atoms with Gasteiger partial charge in [-0.1, -0.05) is 12.8 Å². The fraction of sp³-hybridized carbons (Fsp3) is 0.909. The van der Waals surface area contributed by atoms with Crippen LogP contribution in [0.25, 0.3) is 0 Å². The first-order chi connectivity index (χ1) is 14.1. The maximum Gasteiger partial charge on any atom is 0.290 e. The van der Waals surface area contributed by atoms with E-state index in [2.05, 4.69) is 22.0 Å². The van der Waals surface area contributed by atoms with Crippen LogP contribution in [0.4, 0.5) is 0 Å². The predicted octanol–water partition coefficient (Wildman–Crippen LogP) is 2.76. The van der Waals surface area contributed by atoms with Gasteiger partial charge in [-0.2, -0.15) is 11.8 Å². The Kier molecular flexibility index (Phi) is 7.07. The second-order valence-corrected chi connectivity index (χ2v) is 10.8. The van der Waals surface area contributed by atoms with Crippen LogP contribution in [0, 0.1) is 17.8 Å². The van der Waals surface area contributed by atoms with Gasteiger partial charge in [0.1, 0.15) is 0 Å². The van der Waals surface area contributed by atoms with Gasteiger partial charge >= 0.3 is 0 Å². The van der Waals surface area contributed by atoms with Crippen LogP contribution in [0.3, 0.4) is 0 Å². The van der Waals surface area contributed by atoms with Gasteiger partial charge in [-0.3, -0.25) is 14.5 Å². The monoisotopic (exact) mass is 424 g/mol. The molecule has 2 N–H and O–H groups in total. The highest BCUT2D eigenvalue weighted by atomic mass is 32.2. The SMILES string of the molecule is O=C(CC1CCCC1)NC[C@H]1[C@H]2CN(C3CCSCC3)C[C@]23CC[C@H]1O3.O=CO. The van der Waals surface area contributed by atoms with Gasteiger partial charge in [0.05, 0.1) is 11.7 Å². The second kappa shape index (κ2) is 9.56. The van der Waals surface area contributed by atoms with E-state index in [0.717, 1.165) is 25.6 Å². The summed E-state index contributed by atoms with van der Waals surface area (Å²) in [6.07, 6.45) is 11.4. The minimum atomic E-state index is -0.250. The molecule has 0 aromatic rings. The van der Waals surface area contributed by atoms with Gasteiger partial charge in [-0.05, 0) is 55.9 Å². The van der Waals surface area contributed by atoms with E-state index < -0.39 is 0 Å². The molecule has 4 saturated heterocycles. The summed E-state index contributed by atoms with van der Waals surface area (Å²) in [7, 11) is 0. The normalized spacial score (nSPS) is 37.2. The number of nitrogens with one attached hydrogen (secondary N) is 1. The van der Waals surface area contributed by atoms with Gasteiger partial charge in [-0.15, -0.1) is 0 Å². The zero-order valence-corrected chi connectivity index (χ0v) is 18.2. The molecule has 6 nitrogen and oxygen atoms in total. The minimum absolute atomic E-state index is 0.121. The second-order valence-electron chi connectivity index (χ2n) is 9.57. The van der Waals surface area contributed by atoms with Crippen molar-refractivity contribution in [1.29, 1.82) is 0 Å². The highest BCUT2D eigenvalue weighted by Crippen LogP contribution is 2.55. The average molecular weight is 425 g/mol. The van der Waals surface area contributed by atoms with Crippen LogP contribution in [0.5, 0.6) is 0 Å². The molecular formula is C22H36N2O4S. The summed E-state index contributed by atoms with van der Waals surface area (Å²) >= 11 is 2.11. The van der Waals surface area contributed by atoms with Crippen LogP contribution >= 0.6 is 11.8 Å². The fourth-order valence-electron chi connectivity index (χ4n) is 6.61. The van der Waals surface area contributed by atoms with E-state index in [4.69, 9.17) is 14.6 Å². The lowest BCUT2D eigenvalue weighted by Crippen LogP contribution is -2.42. The maximum atomic E-state index is 12.4. The Labute approximate surface area is 178 Å². The molecule has 1 aliphatic carbocycles. The van der Waals surface area contributed by atoms with Crippen LogP contribution in [0.1, 0.15) is 57.8 Å². The van der Waals surface area contributed by atoms with Crippen molar-refractivity contribution in [3.8, 4) is 0 Å². The highest BCUT2D eigenvalue weighted by Gasteiger charge is 2.63. The molecule has 0 radical (unpaired) electrons. The highest BCUT2D eigenvalue weighted by molar-refractivity contribution is 7.99. The molecule has 1 spiro atoms. The molecular weight excluding hydrogens is 388 g/mol. The van der Waals surface area contributed by atoms with E-state index in [9.17, 15) is 4.79 Å². The molecule has 1 amide bonds. The zero-order valence-electron chi connectivity index (χ0n) is 17.4. The van der Waals surface area contributed by atoms with Crippen LogP contribution in [0.2, 0.25) is 0 Å². The van der Waals surface area contributed by atoms with Crippen LogP contribution in [0.15, 0.2) is 0 Å². The van der Waals surface area contributed by atoms with Crippen LogP contribution in [-0.4, -0.2) is 71.3 Å².